The van der Waals surface area contributed by atoms with Gasteiger partial charge in [-0.1, -0.05) is 30.3 Å². The van der Waals surface area contributed by atoms with Crippen LogP contribution in [0.5, 0.6) is 0 Å². The van der Waals surface area contributed by atoms with Crippen LogP contribution in [0.2, 0.25) is 0 Å². The van der Waals surface area contributed by atoms with E-state index in [0.717, 1.165) is 5.56 Å². The first-order valence-corrected chi connectivity index (χ1v) is 7.29. The van der Waals surface area contributed by atoms with Crippen LogP contribution in [0.1, 0.15) is 17.3 Å². The zero-order valence-electron chi connectivity index (χ0n) is 10.5. The number of aromatic nitrogens is 2. The minimum Gasteiger partial charge on any atom is -0.323 e. The average molecular weight is 280 g/mol. The molecule has 1 aromatic carbocycles. The number of hydrogen-bond donors (Lipinski definition) is 3. The van der Waals surface area contributed by atoms with Crippen LogP contribution in [0.15, 0.2) is 41.4 Å². The lowest BCUT2D eigenvalue weighted by Crippen LogP contribution is -2.32. The molecule has 0 radical (unpaired) electrons. The standard InChI is InChI=1S/C12H16N4O2S/c1-9-12(8-14-16-9)19(17,18)15-7-11(13)10-5-3-2-4-6-10/h2-6,8,11,15H,7,13H2,1H3,(H,14,16). The van der Waals surface area contributed by atoms with E-state index in [2.05, 4.69) is 14.9 Å². The summed E-state index contributed by atoms with van der Waals surface area (Å²) < 4.78 is 26.5. The molecule has 2 aromatic rings. The summed E-state index contributed by atoms with van der Waals surface area (Å²) in [5.41, 5.74) is 7.33. The number of aromatic amines is 1. The van der Waals surface area contributed by atoms with Gasteiger partial charge >= 0.3 is 0 Å². The van der Waals surface area contributed by atoms with E-state index in [4.69, 9.17) is 5.73 Å². The van der Waals surface area contributed by atoms with Crippen LogP contribution in [-0.4, -0.2) is 25.2 Å². The zero-order chi connectivity index (χ0) is 13.9. The quantitative estimate of drug-likeness (QED) is 0.750. The smallest absolute Gasteiger partial charge is 0.244 e. The number of nitrogens with zero attached hydrogens (tertiary/aromatic N) is 1. The first-order chi connectivity index (χ1) is 9.00. The van der Waals surface area contributed by atoms with E-state index < -0.39 is 10.0 Å². The summed E-state index contributed by atoms with van der Waals surface area (Å²) in [6.45, 7) is 1.79. The molecule has 0 saturated carbocycles. The van der Waals surface area contributed by atoms with Crippen LogP contribution in [0.4, 0.5) is 0 Å². The molecular weight excluding hydrogens is 264 g/mol. The molecule has 0 fully saturated rings. The Morgan fingerprint density at radius 2 is 2.05 bits per heavy atom. The number of benzene rings is 1. The predicted molar refractivity (Wildman–Crippen MR) is 71.9 cm³/mol. The van der Waals surface area contributed by atoms with Crippen LogP contribution in [0.3, 0.4) is 0 Å². The molecule has 0 amide bonds. The molecule has 4 N–H and O–H groups in total. The van der Waals surface area contributed by atoms with Crippen molar-refractivity contribution in [1.29, 1.82) is 0 Å². The molecule has 0 aliphatic heterocycles. The van der Waals surface area contributed by atoms with E-state index in [0.29, 0.717) is 5.69 Å². The number of rotatable bonds is 5. The lowest BCUT2D eigenvalue weighted by molar-refractivity contribution is 0.572. The van der Waals surface area contributed by atoms with Gasteiger partial charge in [-0.2, -0.15) is 5.10 Å². The Bertz CT molecular complexity index is 637. The fraction of sp³-hybridized carbons (Fsp3) is 0.250. The fourth-order valence-electron chi connectivity index (χ4n) is 1.71. The van der Waals surface area contributed by atoms with Crippen LogP contribution in [-0.2, 0) is 10.0 Å². The minimum atomic E-state index is -3.57. The summed E-state index contributed by atoms with van der Waals surface area (Å²) in [4.78, 5) is 0.146. The van der Waals surface area contributed by atoms with E-state index >= 15 is 0 Å². The molecule has 2 rings (SSSR count). The fourth-order valence-corrected chi connectivity index (χ4v) is 2.90. The van der Waals surface area contributed by atoms with Crippen molar-refractivity contribution < 1.29 is 8.42 Å². The Morgan fingerprint density at radius 3 is 2.63 bits per heavy atom. The molecule has 0 aliphatic carbocycles. The molecule has 0 saturated heterocycles. The minimum absolute atomic E-state index is 0.136. The van der Waals surface area contributed by atoms with Gasteiger partial charge in [0.15, 0.2) is 0 Å². The summed E-state index contributed by atoms with van der Waals surface area (Å²) in [6, 6.07) is 8.95. The van der Waals surface area contributed by atoms with Gasteiger partial charge in [-0.3, -0.25) is 5.10 Å². The molecule has 0 bridgehead atoms. The third kappa shape index (κ3) is 3.19. The maximum absolute atomic E-state index is 12.0. The predicted octanol–water partition coefficient (Wildman–Crippen LogP) is 0.696. The van der Waals surface area contributed by atoms with Gasteiger partial charge < -0.3 is 5.73 Å². The van der Waals surface area contributed by atoms with Crippen molar-refractivity contribution in [3.63, 3.8) is 0 Å². The van der Waals surface area contributed by atoms with Gasteiger partial charge in [0.1, 0.15) is 4.90 Å². The van der Waals surface area contributed by atoms with Crippen LogP contribution in [0, 0.1) is 6.92 Å². The summed E-state index contributed by atoms with van der Waals surface area (Å²) >= 11 is 0. The van der Waals surface area contributed by atoms with Gasteiger partial charge in [0, 0.05) is 12.6 Å². The van der Waals surface area contributed by atoms with Crippen LogP contribution < -0.4 is 10.5 Å². The summed E-state index contributed by atoms with van der Waals surface area (Å²) in [5.74, 6) is 0. The average Bonchev–Trinajstić information content (AvgIpc) is 2.84. The highest BCUT2D eigenvalue weighted by Crippen LogP contribution is 2.13. The van der Waals surface area contributed by atoms with E-state index in [-0.39, 0.29) is 17.5 Å². The van der Waals surface area contributed by atoms with Crippen LogP contribution in [0.25, 0.3) is 0 Å². The van der Waals surface area contributed by atoms with Crippen molar-refractivity contribution >= 4 is 10.0 Å². The highest BCUT2D eigenvalue weighted by Gasteiger charge is 2.19. The van der Waals surface area contributed by atoms with Gasteiger partial charge in [-0.05, 0) is 12.5 Å². The zero-order valence-corrected chi connectivity index (χ0v) is 11.3. The van der Waals surface area contributed by atoms with E-state index in [9.17, 15) is 8.42 Å². The molecule has 1 unspecified atom stereocenters. The largest absolute Gasteiger partial charge is 0.323 e. The normalized spacial score (nSPS) is 13.4. The topological polar surface area (TPSA) is 101 Å². The molecule has 1 atom stereocenters. The maximum Gasteiger partial charge on any atom is 0.244 e. The third-order valence-corrected chi connectivity index (χ3v) is 4.33. The van der Waals surface area contributed by atoms with Crippen molar-refractivity contribution in [2.24, 2.45) is 5.73 Å². The molecule has 0 spiro atoms. The Balaban J connectivity index is 2.05. The molecule has 102 valence electrons. The number of nitrogens with two attached hydrogens (primary N) is 1. The highest BCUT2D eigenvalue weighted by atomic mass is 32.2. The lowest BCUT2D eigenvalue weighted by atomic mass is 10.1. The number of sulfonamides is 1. The summed E-state index contributed by atoms with van der Waals surface area (Å²) in [6.07, 6.45) is 1.28. The van der Waals surface area contributed by atoms with E-state index in [1.165, 1.54) is 6.20 Å². The van der Waals surface area contributed by atoms with Crippen LogP contribution >= 0.6 is 0 Å². The second-order valence-corrected chi connectivity index (χ2v) is 5.96. The molecule has 7 heteroatoms. The van der Waals surface area contributed by atoms with Crippen molar-refractivity contribution in [1.82, 2.24) is 14.9 Å². The Hall–Kier alpha value is -1.70. The van der Waals surface area contributed by atoms with Gasteiger partial charge in [0.05, 0.1) is 11.9 Å². The van der Waals surface area contributed by atoms with E-state index in [1.807, 2.05) is 30.3 Å². The summed E-state index contributed by atoms with van der Waals surface area (Å²) in [7, 11) is -3.57. The highest BCUT2D eigenvalue weighted by molar-refractivity contribution is 7.89. The first kappa shape index (κ1) is 13.7. The van der Waals surface area contributed by atoms with Crippen molar-refractivity contribution in [3.05, 3.63) is 47.8 Å². The monoisotopic (exact) mass is 280 g/mol. The van der Waals surface area contributed by atoms with Crippen molar-refractivity contribution in [2.45, 2.75) is 17.9 Å². The number of H-pyrrole nitrogens is 1. The molecule has 0 aliphatic rings. The van der Waals surface area contributed by atoms with Gasteiger partial charge in [-0.15, -0.1) is 0 Å². The van der Waals surface area contributed by atoms with Crippen molar-refractivity contribution in [3.8, 4) is 0 Å². The first-order valence-electron chi connectivity index (χ1n) is 5.81. The van der Waals surface area contributed by atoms with Gasteiger partial charge in [-0.25, -0.2) is 13.1 Å². The van der Waals surface area contributed by atoms with Gasteiger partial charge in [0.2, 0.25) is 10.0 Å². The molecular formula is C12H16N4O2S. The Kier molecular flexibility index (Phi) is 3.98. The molecule has 19 heavy (non-hydrogen) atoms. The SMILES string of the molecule is Cc1[nH]ncc1S(=O)(=O)NCC(N)c1ccccc1. The number of nitrogens with one attached hydrogen (secondary N) is 2. The van der Waals surface area contributed by atoms with Crippen molar-refractivity contribution in [2.75, 3.05) is 6.54 Å². The molecule has 6 nitrogen and oxygen atoms in total. The molecule has 1 heterocycles. The number of hydrogen-bond acceptors (Lipinski definition) is 4. The maximum atomic E-state index is 12.0. The second-order valence-electron chi connectivity index (χ2n) is 4.23. The van der Waals surface area contributed by atoms with E-state index in [1.54, 1.807) is 6.92 Å². The van der Waals surface area contributed by atoms with Gasteiger partial charge in [0.25, 0.3) is 0 Å². The second kappa shape index (κ2) is 5.52. The number of aryl methyl sites for hydroxylation is 1. The summed E-state index contributed by atoms with van der Waals surface area (Å²) in [5, 5.41) is 6.29. The Morgan fingerprint density at radius 1 is 1.37 bits per heavy atom. The molecule has 1 aromatic heterocycles. The third-order valence-electron chi connectivity index (χ3n) is 2.79. The Labute approximate surface area is 112 Å². The lowest BCUT2D eigenvalue weighted by Gasteiger charge is -2.13.